The lowest BCUT2D eigenvalue weighted by Gasteiger charge is -2.30. The van der Waals surface area contributed by atoms with E-state index in [9.17, 15) is 14.7 Å². The van der Waals surface area contributed by atoms with Crippen LogP contribution in [0.25, 0.3) is 16.6 Å². The predicted octanol–water partition coefficient (Wildman–Crippen LogP) is 5.27. The summed E-state index contributed by atoms with van der Waals surface area (Å²) in [6.07, 6.45) is 5.25. The third kappa shape index (κ3) is 4.37. The lowest BCUT2D eigenvalue weighted by molar-refractivity contribution is 0.0696. The van der Waals surface area contributed by atoms with Gasteiger partial charge in [-0.2, -0.15) is 5.10 Å². The van der Waals surface area contributed by atoms with Gasteiger partial charge in [-0.15, -0.1) is 0 Å². The van der Waals surface area contributed by atoms with Gasteiger partial charge in [-0.25, -0.2) is 9.48 Å². The number of aryl methyl sites for hydroxylation is 1. The minimum atomic E-state index is -0.979. The summed E-state index contributed by atoms with van der Waals surface area (Å²) in [6.45, 7) is 3.81. The molecule has 0 aliphatic carbocycles. The van der Waals surface area contributed by atoms with Crippen LogP contribution < -0.4 is 10.2 Å². The van der Waals surface area contributed by atoms with Crippen LogP contribution in [0.3, 0.4) is 0 Å². The van der Waals surface area contributed by atoms with Crippen LogP contribution in [0.4, 0.5) is 11.4 Å². The molecular weight excluding hydrogens is 428 g/mol. The molecule has 4 aromatic rings. The van der Waals surface area contributed by atoms with Gasteiger partial charge in [-0.1, -0.05) is 23.8 Å². The van der Waals surface area contributed by atoms with Gasteiger partial charge in [-0.05, 0) is 68.7 Å². The minimum absolute atomic E-state index is 0.146. The van der Waals surface area contributed by atoms with Crippen molar-refractivity contribution in [2.75, 3.05) is 23.3 Å². The first-order chi connectivity index (χ1) is 16.5. The van der Waals surface area contributed by atoms with Gasteiger partial charge < -0.3 is 15.3 Å². The van der Waals surface area contributed by atoms with E-state index in [1.807, 2.05) is 55.6 Å². The van der Waals surface area contributed by atoms with Gasteiger partial charge in [0.25, 0.3) is 5.91 Å². The third-order valence-corrected chi connectivity index (χ3v) is 6.25. The molecule has 1 aromatic heterocycles. The zero-order valence-electron chi connectivity index (χ0n) is 19.0. The molecule has 1 fully saturated rings. The Balaban J connectivity index is 1.52. The number of carbonyl (C=O) groups is 2. The molecule has 0 atom stereocenters. The van der Waals surface area contributed by atoms with E-state index in [1.165, 1.54) is 6.42 Å². The van der Waals surface area contributed by atoms with Crippen LogP contribution in [0, 0.1) is 6.92 Å². The number of carboxylic acids is 1. The molecule has 2 N–H and O–H groups in total. The maximum absolute atomic E-state index is 13.2. The zero-order valence-corrected chi connectivity index (χ0v) is 19.0. The Morgan fingerprint density at radius 1 is 0.941 bits per heavy atom. The Morgan fingerprint density at radius 2 is 1.71 bits per heavy atom. The summed E-state index contributed by atoms with van der Waals surface area (Å²) in [5.74, 6) is -1.12. The van der Waals surface area contributed by atoms with E-state index in [4.69, 9.17) is 0 Å². The molecule has 1 amide bonds. The molecule has 0 saturated carbocycles. The summed E-state index contributed by atoms with van der Waals surface area (Å²) >= 11 is 0. The second-order valence-corrected chi connectivity index (χ2v) is 8.72. The average molecular weight is 455 g/mol. The zero-order chi connectivity index (χ0) is 23.7. The smallest absolute Gasteiger partial charge is 0.335 e. The van der Waals surface area contributed by atoms with Gasteiger partial charge in [0.15, 0.2) is 0 Å². The van der Waals surface area contributed by atoms with Gasteiger partial charge in [0, 0.05) is 30.4 Å². The number of piperidine rings is 1. The van der Waals surface area contributed by atoms with E-state index in [-0.39, 0.29) is 11.5 Å². The number of benzene rings is 3. The summed E-state index contributed by atoms with van der Waals surface area (Å²) in [7, 11) is 0. The number of carbonyl (C=O) groups excluding carboxylic acids is 1. The number of hydrogen-bond acceptors (Lipinski definition) is 4. The Kier molecular flexibility index (Phi) is 5.76. The molecule has 2 heterocycles. The number of carboxylic acid groups (broad SMARTS) is 1. The lowest BCUT2D eigenvalue weighted by atomic mass is 10.1. The second-order valence-electron chi connectivity index (χ2n) is 8.72. The van der Waals surface area contributed by atoms with Crippen molar-refractivity contribution in [1.82, 2.24) is 9.78 Å². The van der Waals surface area contributed by atoms with Crippen molar-refractivity contribution >= 4 is 34.2 Å². The first kappa shape index (κ1) is 21.7. The first-order valence-electron chi connectivity index (χ1n) is 11.5. The van der Waals surface area contributed by atoms with Crippen LogP contribution in [-0.2, 0) is 0 Å². The number of anilines is 2. The summed E-state index contributed by atoms with van der Waals surface area (Å²) in [5, 5.41) is 17.7. The number of fused-ring (bicyclic) bond motifs is 1. The van der Waals surface area contributed by atoms with Crippen molar-refractivity contribution in [2.24, 2.45) is 0 Å². The molecule has 172 valence electrons. The Hall–Kier alpha value is -4.13. The molecule has 0 unspecified atom stereocenters. The number of hydrogen-bond donors (Lipinski definition) is 2. The van der Waals surface area contributed by atoms with Gasteiger partial charge in [0.2, 0.25) is 0 Å². The normalized spacial score (nSPS) is 13.7. The molecule has 1 aliphatic rings. The number of aromatic carboxylic acids is 1. The number of aromatic nitrogens is 2. The SMILES string of the molecule is Cc1ccc(NC(=O)c2ccc(-n3cc4ccc(C(=O)O)cc4n3)cc2N2CCCCC2)cc1. The van der Waals surface area contributed by atoms with Crippen LogP contribution >= 0.6 is 0 Å². The molecule has 0 bridgehead atoms. The van der Waals surface area contributed by atoms with Crippen LogP contribution in [0.5, 0.6) is 0 Å². The average Bonchev–Trinajstić information content (AvgIpc) is 3.29. The van der Waals surface area contributed by atoms with Crippen LogP contribution in [-0.4, -0.2) is 39.9 Å². The van der Waals surface area contributed by atoms with Crippen LogP contribution in [0.2, 0.25) is 0 Å². The fourth-order valence-corrected chi connectivity index (χ4v) is 4.37. The molecule has 0 spiro atoms. The fraction of sp³-hybridized carbons (Fsp3) is 0.222. The second kappa shape index (κ2) is 9.02. The molecule has 1 aliphatic heterocycles. The van der Waals surface area contributed by atoms with Crippen molar-refractivity contribution < 1.29 is 14.7 Å². The highest BCUT2D eigenvalue weighted by Gasteiger charge is 2.20. The number of nitrogens with zero attached hydrogens (tertiary/aromatic N) is 3. The van der Waals surface area contributed by atoms with E-state index in [0.717, 1.165) is 53.9 Å². The molecule has 5 rings (SSSR count). The first-order valence-corrected chi connectivity index (χ1v) is 11.5. The van der Waals surface area contributed by atoms with E-state index >= 15 is 0 Å². The Bertz CT molecular complexity index is 1370. The number of amides is 1. The number of rotatable bonds is 5. The topological polar surface area (TPSA) is 87.5 Å². The molecule has 34 heavy (non-hydrogen) atoms. The molecule has 7 heteroatoms. The molecule has 7 nitrogen and oxygen atoms in total. The highest BCUT2D eigenvalue weighted by molar-refractivity contribution is 6.08. The number of nitrogens with one attached hydrogen (secondary N) is 1. The van der Waals surface area contributed by atoms with E-state index in [0.29, 0.717) is 11.1 Å². The minimum Gasteiger partial charge on any atom is -0.478 e. The highest BCUT2D eigenvalue weighted by Crippen LogP contribution is 2.29. The van der Waals surface area contributed by atoms with Crippen molar-refractivity contribution in [3.05, 3.63) is 83.6 Å². The van der Waals surface area contributed by atoms with Crippen molar-refractivity contribution in [2.45, 2.75) is 26.2 Å². The van der Waals surface area contributed by atoms with Crippen molar-refractivity contribution in [3.8, 4) is 5.69 Å². The van der Waals surface area contributed by atoms with Crippen LogP contribution in [0.1, 0.15) is 45.5 Å². The maximum Gasteiger partial charge on any atom is 0.335 e. The highest BCUT2D eigenvalue weighted by atomic mass is 16.4. The fourth-order valence-electron chi connectivity index (χ4n) is 4.37. The summed E-state index contributed by atoms with van der Waals surface area (Å²) in [5.41, 5.74) is 5.04. The molecule has 3 aromatic carbocycles. The van der Waals surface area contributed by atoms with E-state index < -0.39 is 5.97 Å². The molecular formula is C27H26N4O3. The summed E-state index contributed by atoms with van der Waals surface area (Å²) in [6, 6.07) is 18.4. The van der Waals surface area contributed by atoms with E-state index in [2.05, 4.69) is 15.3 Å². The standard InChI is InChI=1S/C27H26N4O3/c1-18-5-9-21(10-6-18)28-26(32)23-12-11-22(16-25(23)30-13-3-2-4-14-30)31-17-20-8-7-19(27(33)34)15-24(20)29-31/h5-12,15-17H,2-4,13-14H2,1H3,(H,28,32)(H,33,34). The van der Waals surface area contributed by atoms with Gasteiger partial charge in [-0.3, -0.25) is 4.79 Å². The van der Waals surface area contributed by atoms with Crippen molar-refractivity contribution in [3.63, 3.8) is 0 Å². The van der Waals surface area contributed by atoms with E-state index in [1.54, 1.807) is 22.9 Å². The largest absolute Gasteiger partial charge is 0.478 e. The van der Waals surface area contributed by atoms with Crippen molar-refractivity contribution in [1.29, 1.82) is 0 Å². The van der Waals surface area contributed by atoms with Gasteiger partial charge in [0.05, 0.1) is 28.0 Å². The van der Waals surface area contributed by atoms with Gasteiger partial charge >= 0.3 is 5.97 Å². The maximum atomic E-state index is 13.2. The summed E-state index contributed by atoms with van der Waals surface area (Å²) in [4.78, 5) is 26.8. The third-order valence-electron chi connectivity index (χ3n) is 6.25. The lowest BCUT2D eigenvalue weighted by Crippen LogP contribution is -2.31. The quantitative estimate of drug-likeness (QED) is 0.429. The Labute approximate surface area is 197 Å². The Morgan fingerprint density at radius 3 is 2.44 bits per heavy atom. The predicted molar refractivity (Wildman–Crippen MR) is 133 cm³/mol. The molecule has 1 saturated heterocycles. The monoisotopic (exact) mass is 454 g/mol. The summed E-state index contributed by atoms with van der Waals surface area (Å²) < 4.78 is 1.74. The van der Waals surface area contributed by atoms with Gasteiger partial charge in [0.1, 0.15) is 0 Å². The molecule has 0 radical (unpaired) electrons. The van der Waals surface area contributed by atoms with Crippen LogP contribution in [0.15, 0.2) is 66.9 Å².